The summed E-state index contributed by atoms with van der Waals surface area (Å²) in [7, 11) is 0. The Labute approximate surface area is 125 Å². The van der Waals surface area contributed by atoms with Crippen LogP contribution in [0.3, 0.4) is 0 Å². The van der Waals surface area contributed by atoms with Crippen LogP contribution in [0.5, 0.6) is 5.75 Å². The van der Waals surface area contributed by atoms with Crippen molar-refractivity contribution in [3.8, 4) is 5.75 Å². The van der Waals surface area contributed by atoms with Gasteiger partial charge >= 0.3 is 5.69 Å². The maximum atomic E-state index is 12.2. The third kappa shape index (κ3) is 3.11. The lowest BCUT2D eigenvalue weighted by Gasteiger charge is -2.09. The minimum absolute atomic E-state index is 0.00515. The molecule has 21 heavy (non-hydrogen) atoms. The zero-order chi connectivity index (χ0) is 15.6. The molecule has 6 nitrogen and oxygen atoms in total. The Balaban J connectivity index is 2.40. The van der Waals surface area contributed by atoms with E-state index >= 15 is 0 Å². The van der Waals surface area contributed by atoms with E-state index in [0.717, 1.165) is 11.6 Å². The predicted molar refractivity (Wildman–Crippen MR) is 78.9 cm³/mol. The summed E-state index contributed by atoms with van der Waals surface area (Å²) in [6, 6.07) is 9.20. The number of rotatable bonds is 3. The highest BCUT2D eigenvalue weighted by Gasteiger charge is 2.23. The molecule has 2 aromatic carbocycles. The fourth-order valence-electron chi connectivity index (χ4n) is 1.80. The number of para-hydroxylation sites is 1. The summed E-state index contributed by atoms with van der Waals surface area (Å²) in [5.74, 6) is -1.39. The molecule has 0 heterocycles. The topological polar surface area (TPSA) is 92.5 Å². The monoisotopic (exact) mass is 306 g/mol. The average Bonchev–Trinajstić information content (AvgIpc) is 2.43. The van der Waals surface area contributed by atoms with Crippen LogP contribution in [0.15, 0.2) is 36.4 Å². The van der Waals surface area contributed by atoms with Crippen molar-refractivity contribution in [1.29, 1.82) is 0 Å². The van der Waals surface area contributed by atoms with E-state index in [9.17, 15) is 20.0 Å². The number of phenols is 1. The molecule has 0 fully saturated rings. The molecule has 0 atom stereocenters. The molecule has 1 amide bonds. The number of halogens is 1. The Kier molecular flexibility index (Phi) is 4.09. The Hall–Kier alpha value is -2.60. The molecule has 0 aliphatic carbocycles. The van der Waals surface area contributed by atoms with Gasteiger partial charge in [0.25, 0.3) is 5.91 Å². The molecule has 2 rings (SSSR count). The fraction of sp³-hybridized carbons (Fsp3) is 0.0714. The zero-order valence-electron chi connectivity index (χ0n) is 11.0. The SMILES string of the molecule is Cc1ccccc1NC(=O)c1cc(Cl)cc([N+](=O)[O-])c1O. The molecule has 7 heteroatoms. The first-order valence-corrected chi connectivity index (χ1v) is 6.32. The summed E-state index contributed by atoms with van der Waals surface area (Å²) in [5, 5.41) is 23.2. The van der Waals surface area contributed by atoms with Crippen LogP contribution in [0.1, 0.15) is 15.9 Å². The number of nitro benzene ring substituents is 1. The lowest BCUT2D eigenvalue weighted by atomic mass is 10.1. The third-order valence-corrected chi connectivity index (χ3v) is 3.11. The van der Waals surface area contributed by atoms with Crippen LogP contribution in [0.4, 0.5) is 11.4 Å². The number of aryl methyl sites for hydroxylation is 1. The van der Waals surface area contributed by atoms with Gasteiger partial charge in [0.05, 0.1) is 10.5 Å². The number of nitrogens with zero attached hydrogens (tertiary/aromatic N) is 1. The Morgan fingerprint density at radius 1 is 1.33 bits per heavy atom. The molecule has 2 N–H and O–H groups in total. The maximum absolute atomic E-state index is 12.2. The van der Waals surface area contributed by atoms with Crippen LogP contribution in [0.2, 0.25) is 5.02 Å². The van der Waals surface area contributed by atoms with E-state index in [2.05, 4.69) is 5.32 Å². The van der Waals surface area contributed by atoms with Crippen molar-refractivity contribution in [2.24, 2.45) is 0 Å². The zero-order valence-corrected chi connectivity index (χ0v) is 11.7. The summed E-state index contributed by atoms with van der Waals surface area (Å²) in [5.41, 5.74) is 0.501. The molecular formula is C14H11ClN2O4. The van der Waals surface area contributed by atoms with Gasteiger partial charge in [-0.3, -0.25) is 14.9 Å². The van der Waals surface area contributed by atoms with Crippen molar-refractivity contribution in [3.63, 3.8) is 0 Å². The van der Waals surface area contributed by atoms with Crippen molar-refractivity contribution in [2.45, 2.75) is 6.92 Å². The van der Waals surface area contributed by atoms with Crippen molar-refractivity contribution in [1.82, 2.24) is 0 Å². The van der Waals surface area contributed by atoms with E-state index in [0.29, 0.717) is 5.69 Å². The molecule has 2 aromatic rings. The summed E-state index contributed by atoms with van der Waals surface area (Å²) in [4.78, 5) is 22.2. The van der Waals surface area contributed by atoms with E-state index in [1.165, 1.54) is 6.07 Å². The van der Waals surface area contributed by atoms with Crippen molar-refractivity contribution < 1.29 is 14.8 Å². The van der Waals surface area contributed by atoms with Gasteiger partial charge in [-0.2, -0.15) is 0 Å². The quantitative estimate of drug-likeness (QED) is 0.670. The highest BCUT2D eigenvalue weighted by molar-refractivity contribution is 6.31. The van der Waals surface area contributed by atoms with Crippen molar-refractivity contribution in [3.05, 3.63) is 62.7 Å². The van der Waals surface area contributed by atoms with Crippen LogP contribution in [0, 0.1) is 17.0 Å². The number of carbonyl (C=O) groups excluding carboxylic acids is 1. The van der Waals surface area contributed by atoms with E-state index in [1.807, 2.05) is 6.07 Å². The minimum atomic E-state index is -0.800. The largest absolute Gasteiger partial charge is 0.502 e. The number of nitro groups is 1. The number of aromatic hydroxyl groups is 1. The minimum Gasteiger partial charge on any atom is -0.502 e. The van der Waals surface area contributed by atoms with Crippen LogP contribution >= 0.6 is 11.6 Å². The predicted octanol–water partition coefficient (Wildman–Crippen LogP) is 3.51. The molecule has 0 aliphatic heterocycles. The number of hydrogen-bond acceptors (Lipinski definition) is 4. The van der Waals surface area contributed by atoms with Gasteiger partial charge in [0.1, 0.15) is 0 Å². The Morgan fingerprint density at radius 2 is 2.00 bits per heavy atom. The van der Waals surface area contributed by atoms with Crippen LogP contribution in [-0.2, 0) is 0 Å². The molecule has 0 radical (unpaired) electrons. The summed E-state index contributed by atoms with van der Waals surface area (Å²) < 4.78 is 0. The first kappa shape index (κ1) is 14.8. The molecule has 0 unspecified atom stereocenters. The lowest BCUT2D eigenvalue weighted by Crippen LogP contribution is -2.13. The molecule has 0 bridgehead atoms. The number of amides is 1. The van der Waals surface area contributed by atoms with Gasteiger partial charge in [-0.05, 0) is 24.6 Å². The molecule has 0 saturated carbocycles. The summed E-state index contributed by atoms with van der Waals surface area (Å²) in [6.45, 7) is 1.80. The summed E-state index contributed by atoms with van der Waals surface area (Å²) in [6.07, 6.45) is 0. The second kappa shape index (κ2) is 5.80. The van der Waals surface area contributed by atoms with Crippen LogP contribution in [0.25, 0.3) is 0 Å². The van der Waals surface area contributed by atoms with E-state index in [4.69, 9.17) is 11.6 Å². The molecule has 108 valence electrons. The van der Waals surface area contributed by atoms with E-state index in [1.54, 1.807) is 25.1 Å². The average molecular weight is 307 g/mol. The van der Waals surface area contributed by atoms with Gasteiger partial charge in [0.2, 0.25) is 5.75 Å². The molecule has 0 saturated heterocycles. The standard InChI is InChI=1S/C14H11ClN2O4/c1-8-4-2-3-5-11(8)16-14(19)10-6-9(15)7-12(13(10)18)17(20)21/h2-7,18H,1H3,(H,16,19). The number of hydrogen-bond donors (Lipinski definition) is 2. The second-order valence-electron chi connectivity index (χ2n) is 4.35. The van der Waals surface area contributed by atoms with E-state index < -0.39 is 22.3 Å². The molecule has 0 spiro atoms. The number of nitrogens with one attached hydrogen (secondary N) is 1. The van der Waals surface area contributed by atoms with Crippen molar-refractivity contribution in [2.75, 3.05) is 5.32 Å². The highest BCUT2D eigenvalue weighted by Crippen LogP contribution is 2.33. The van der Waals surface area contributed by atoms with Gasteiger partial charge < -0.3 is 10.4 Å². The molecular weight excluding hydrogens is 296 g/mol. The van der Waals surface area contributed by atoms with Gasteiger partial charge in [-0.1, -0.05) is 29.8 Å². The normalized spacial score (nSPS) is 10.2. The van der Waals surface area contributed by atoms with Gasteiger partial charge in [0.15, 0.2) is 0 Å². The number of phenolic OH excluding ortho intramolecular Hbond substituents is 1. The smallest absolute Gasteiger partial charge is 0.313 e. The van der Waals surface area contributed by atoms with E-state index in [-0.39, 0.29) is 10.6 Å². The molecule has 0 aromatic heterocycles. The number of benzene rings is 2. The van der Waals surface area contributed by atoms with Crippen molar-refractivity contribution >= 4 is 28.9 Å². The fourth-order valence-corrected chi connectivity index (χ4v) is 2.01. The number of anilines is 1. The summed E-state index contributed by atoms with van der Waals surface area (Å²) >= 11 is 5.75. The van der Waals surface area contributed by atoms with Gasteiger partial charge in [-0.15, -0.1) is 0 Å². The Morgan fingerprint density at radius 3 is 2.62 bits per heavy atom. The van der Waals surface area contributed by atoms with Gasteiger partial charge in [-0.25, -0.2) is 0 Å². The van der Waals surface area contributed by atoms with Crippen LogP contribution in [-0.4, -0.2) is 15.9 Å². The number of carbonyl (C=O) groups is 1. The first-order valence-electron chi connectivity index (χ1n) is 5.94. The van der Waals surface area contributed by atoms with Crippen LogP contribution < -0.4 is 5.32 Å². The lowest BCUT2D eigenvalue weighted by molar-refractivity contribution is -0.385. The highest BCUT2D eigenvalue weighted by atomic mass is 35.5. The maximum Gasteiger partial charge on any atom is 0.313 e. The molecule has 0 aliphatic rings. The second-order valence-corrected chi connectivity index (χ2v) is 4.78. The third-order valence-electron chi connectivity index (χ3n) is 2.89. The Bertz CT molecular complexity index is 731. The first-order chi connectivity index (χ1) is 9.90. The van der Waals surface area contributed by atoms with Gasteiger partial charge in [0, 0.05) is 16.8 Å².